The van der Waals surface area contributed by atoms with Crippen molar-refractivity contribution in [2.45, 2.75) is 11.8 Å². The largest absolute Gasteiger partial charge is 0.377 e. The van der Waals surface area contributed by atoms with Crippen LogP contribution in [0, 0.1) is 5.82 Å². The minimum atomic E-state index is -0.400. The molecule has 3 aromatic rings. The van der Waals surface area contributed by atoms with E-state index in [1.54, 1.807) is 19.2 Å². The van der Waals surface area contributed by atoms with Gasteiger partial charge in [-0.15, -0.1) is 10.2 Å². The maximum atomic E-state index is 13.2. The molecule has 1 amide bonds. The maximum Gasteiger partial charge on any atom is 0.234 e. The van der Waals surface area contributed by atoms with E-state index in [9.17, 15) is 9.18 Å². The molecule has 3 rings (SSSR count). The number of halogens is 1. The number of anilines is 1. The van der Waals surface area contributed by atoms with E-state index >= 15 is 0 Å². The molecule has 1 aromatic heterocycles. The van der Waals surface area contributed by atoms with E-state index in [2.05, 4.69) is 15.5 Å². The number of carbonyl (C=O) groups is 1. The second kappa shape index (κ2) is 8.59. The molecule has 1 heterocycles. The van der Waals surface area contributed by atoms with Crippen molar-refractivity contribution in [3.05, 3.63) is 66.2 Å². The monoisotopic (exact) mass is 372 g/mol. The molecule has 134 valence electrons. The molecule has 0 fully saturated rings. The van der Waals surface area contributed by atoms with Crippen LogP contribution >= 0.6 is 11.8 Å². The van der Waals surface area contributed by atoms with Gasteiger partial charge in [0.05, 0.1) is 5.75 Å². The number of nitrogens with zero attached hydrogens (tertiary/aromatic N) is 3. The van der Waals surface area contributed by atoms with Gasteiger partial charge in [-0.2, -0.15) is 0 Å². The third-order valence-corrected chi connectivity index (χ3v) is 4.36. The van der Waals surface area contributed by atoms with Crippen LogP contribution in [0.2, 0.25) is 0 Å². The Morgan fingerprint density at radius 2 is 2.00 bits per heavy atom. The fourth-order valence-corrected chi connectivity index (χ4v) is 3.12. The fourth-order valence-electron chi connectivity index (χ4n) is 2.35. The minimum absolute atomic E-state index is 0.120. The predicted octanol–water partition coefficient (Wildman–Crippen LogP) is 3.28. The van der Waals surface area contributed by atoms with Crippen molar-refractivity contribution in [3.63, 3.8) is 0 Å². The first kappa shape index (κ1) is 18.1. The summed E-state index contributed by atoms with van der Waals surface area (Å²) in [5.41, 5.74) is 1.30. The Bertz CT molecular complexity index is 886. The van der Waals surface area contributed by atoms with E-state index < -0.39 is 5.82 Å². The van der Waals surface area contributed by atoms with Crippen molar-refractivity contribution >= 4 is 23.4 Å². The summed E-state index contributed by atoms with van der Waals surface area (Å²) in [6.45, 7) is 0.304. The van der Waals surface area contributed by atoms with Gasteiger partial charge < -0.3 is 10.1 Å². The number of para-hydroxylation sites is 1. The van der Waals surface area contributed by atoms with Gasteiger partial charge in [0.15, 0.2) is 11.0 Å². The number of aromatic nitrogens is 3. The summed E-state index contributed by atoms with van der Waals surface area (Å²) in [6.07, 6.45) is 0. The van der Waals surface area contributed by atoms with Gasteiger partial charge in [0, 0.05) is 18.5 Å². The lowest BCUT2D eigenvalue weighted by Crippen LogP contribution is -2.14. The van der Waals surface area contributed by atoms with E-state index in [1.807, 2.05) is 34.9 Å². The topological polar surface area (TPSA) is 69.0 Å². The molecular formula is C18H17FN4O2S. The third kappa shape index (κ3) is 4.47. The van der Waals surface area contributed by atoms with Crippen LogP contribution in [-0.2, 0) is 16.1 Å². The Kier molecular flexibility index (Phi) is 5.98. The zero-order valence-corrected chi connectivity index (χ0v) is 14.9. The Morgan fingerprint density at radius 1 is 1.19 bits per heavy atom. The summed E-state index contributed by atoms with van der Waals surface area (Å²) in [5, 5.41) is 11.5. The first-order valence-corrected chi connectivity index (χ1v) is 8.83. The number of thioether (sulfide) groups is 1. The lowest BCUT2D eigenvalue weighted by molar-refractivity contribution is -0.113. The van der Waals surface area contributed by atoms with Gasteiger partial charge in [-0.25, -0.2) is 4.39 Å². The Balaban J connectivity index is 1.72. The summed E-state index contributed by atoms with van der Waals surface area (Å²) in [7, 11) is 1.59. The summed E-state index contributed by atoms with van der Waals surface area (Å²) >= 11 is 1.25. The van der Waals surface area contributed by atoms with Crippen LogP contribution in [0.3, 0.4) is 0 Å². The van der Waals surface area contributed by atoms with Gasteiger partial charge in [-0.3, -0.25) is 9.36 Å². The van der Waals surface area contributed by atoms with Crippen molar-refractivity contribution in [2.75, 3.05) is 18.2 Å². The average molecular weight is 372 g/mol. The highest BCUT2D eigenvalue weighted by atomic mass is 32.2. The normalized spacial score (nSPS) is 10.7. The highest BCUT2D eigenvalue weighted by molar-refractivity contribution is 7.99. The SMILES string of the molecule is COCc1nnc(SCC(=O)Nc2cccc(F)c2)n1-c1ccccc1. The van der Waals surface area contributed by atoms with E-state index in [0.717, 1.165) is 5.69 Å². The Morgan fingerprint density at radius 3 is 2.73 bits per heavy atom. The zero-order chi connectivity index (χ0) is 18.4. The van der Waals surface area contributed by atoms with E-state index in [1.165, 1.54) is 23.9 Å². The second-order valence-electron chi connectivity index (χ2n) is 5.35. The highest BCUT2D eigenvalue weighted by Gasteiger charge is 2.15. The molecule has 0 aliphatic carbocycles. The number of ether oxygens (including phenoxy) is 1. The van der Waals surface area contributed by atoms with Gasteiger partial charge in [0.1, 0.15) is 12.4 Å². The lowest BCUT2D eigenvalue weighted by atomic mass is 10.3. The van der Waals surface area contributed by atoms with Crippen molar-refractivity contribution in [1.82, 2.24) is 14.8 Å². The smallest absolute Gasteiger partial charge is 0.234 e. The number of carbonyl (C=O) groups excluding carboxylic acids is 1. The molecule has 0 unspecified atom stereocenters. The van der Waals surface area contributed by atoms with Gasteiger partial charge in [0.2, 0.25) is 5.91 Å². The van der Waals surface area contributed by atoms with Crippen LogP contribution in [0.25, 0.3) is 5.69 Å². The number of hydrogen-bond acceptors (Lipinski definition) is 5. The highest BCUT2D eigenvalue weighted by Crippen LogP contribution is 2.22. The molecule has 0 atom stereocenters. The third-order valence-electron chi connectivity index (χ3n) is 3.43. The second-order valence-corrected chi connectivity index (χ2v) is 6.29. The molecule has 2 aromatic carbocycles. The number of methoxy groups -OCH3 is 1. The Labute approximate surface area is 154 Å². The molecular weight excluding hydrogens is 355 g/mol. The molecule has 0 saturated heterocycles. The molecule has 0 radical (unpaired) electrons. The molecule has 0 aliphatic heterocycles. The van der Waals surface area contributed by atoms with Crippen LogP contribution < -0.4 is 5.32 Å². The fraction of sp³-hybridized carbons (Fsp3) is 0.167. The molecule has 8 heteroatoms. The molecule has 0 saturated carbocycles. The standard InChI is InChI=1S/C18H17FN4O2S/c1-25-11-16-21-22-18(23(16)15-8-3-2-4-9-15)26-12-17(24)20-14-7-5-6-13(19)10-14/h2-10H,11-12H2,1H3,(H,20,24). The number of rotatable bonds is 7. The minimum Gasteiger partial charge on any atom is -0.377 e. The van der Waals surface area contributed by atoms with E-state index in [0.29, 0.717) is 23.3 Å². The summed E-state index contributed by atoms with van der Waals surface area (Å²) in [5.74, 6) is 0.112. The van der Waals surface area contributed by atoms with Crippen molar-refractivity contribution in [2.24, 2.45) is 0 Å². The van der Waals surface area contributed by atoms with Crippen molar-refractivity contribution in [3.8, 4) is 5.69 Å². The van der Waals surface area contributed by atoms with Gasteiger partial charge in [-0.1, -0.05) is 36.0 Å². The van der Waals surface area contributed by atoms with E-state index in [4.69, 9.17) is 4.74 Å². The Hall–Kier alpha value is -2.71. The first-order chi connectivity index (χ1) is 12.7. The number of nitrogens with one attached hydrogen (secondary N) is 1. The average Bonchev–Trinajstić information content (AvgIpc) is 3.04. The van der Waals surface area contributed by atoms with Gasteiger partial charge in [0.25, 0.3) is 0 Å². The van der Waals surface area contributed by atoms with Crippen LogP contribution in [0.15, 0.2) is 59.8 Å². The van der Waals surface area contributed by atoms with Crippen LogP contribution in [0.1, 0.15) is 5.82 Å². The number of hydrogen-bond donors (Lipinski definition) is 1. The summed E-state index contributed by atoms with van der Waals surface area (Å²) in [6, 6.07) is 15.4. The summed E-state index contributed by atoms with van der Waals surface area (Å²) < 4.78 is 20.2. The molecule has 0 bridgehead atoms. The quantitative estimate of drug-likeness (QED) is 0.645. The van der Waals surface area contributed by atoms with Crippen LogP contribution in [0.4, 0.5) is 10.1 Å². The molecule has 6 nitrogen and oxygen atoms in total. The number of amides is 1. The molecule has 1 N–H and O–H groups in total. The van der Waals surface area contributed by atoms with Gasteiger partial charge in [-0.05, 0) is 30.3 Å². The van der Waals surface area contributed by atoms with Crippen molar-refractivity contribution < 1.29 is 13.9 Å². The van der Waals surface area contributed by atoms with Crippen molar-refractivity contribution in [1.29, 1.82) is 0 Å². The first-order valence-electron chi connectivity index (χ1n) is 7.84. The van der Waals surface area contributed by atoms with Crippen LogP contribution in [0.5, 0.6) is 0 Å². The van der Waals surface area contributed by atoms with E-state index in [-0.39, 0.29) is 11.7 Å². The maximum absolute atomic E-state index is 13.2. The predicted molar refractivity (Wildman–Crippen MR) is 97.8 cm³/mol. The van der Waals surface area contributed by atoms with Crippen LogP contribution in [-0.4, -0.2) is 33.5 Å². The summed E-state index contributed by atoms with van der Waals surface area (Å²) in [4.78, 5) is 12.1. The molecule has 0 spiro atoms. The molecule has 0 aliphatic rings. The lowest BCUT2D eigenvalue weighted by Gasteiger charge is -2.10. The zero-order valence-electron chi connectivity index (χ0n) is 14.1. The van der Waals surface area contributed by atoms with Gasteiger partial charge >= 0.3 is 0 Å². The molecule has 26 heavy (non-hydrogen) atoms. The number of benzene rings is 2.